The zero-order chi connectivity index (χ0) is 20.9. The second-order valence-corrected chi connectivity index (χ2v) is 7.87. The molecule has 2 aromatic rings. The predicted octanol–water partition coefficient (Wildman–Crippen LogP) is 3.42. The molecule has 7 heteroatoms. The van der Waals surface area contributed by atoms with Crippen LogP contribution in [0.3, 0.4) is 0 Å². The van der Waals surface area contributed by atoms with E-state index in [2.05, 4.69) is 10.2 Å². The molecule has 2 fully saturated rings. The van der Waals surface area contributed by atoms with Crippen LogP contribution in [0.2, 0.25) is 0 Å². The standard InChI is InChI=1S/C23H27FN4O2/c24-19-8-10-21(11-9-19)26-13-15-27(16-14-26)22(29)18-5-4-12-28(17-18)23(30)25-20-6-2-1-3-7-20/h1-3,6-11,18H,4-5,12-17H2,(H,25,30)/t18-/m1/s1. The van der Waals surface area contributed by atoms with E-state index in [4.69, 9.17) is 0 Å². The van der Waals surface area contributed by atoms with Crippen LogP contribution in [0.5, 0.6) is 0 Å². The Morgan fingerprint density at radius 3 is 2.27 bits per heavy atom. The average Bonchev–Trinajstić information content (AvgIpc) is 2.80. The van der Waals surface area contributed by atoms with E-state index in [1.807, 2.05) is 35.2 Å². The minimum Gasteiger partial charge on any atom is -0.368 e. The first-order valence-electron chi connectivity index (χ1n) is 10.5. The summed E-state index contributed by atoms with van der Waals surface area (Å²) in [5, 5.41) is 2.91. The van der Waals surface area contributed by atoms with Crippen LogP contribution in [-0.2, 0) is 4.79 Å². The number of anilines is 2. The van der Waals surface area contributed by atoms with Crippen molar-refractivity contribution in [1.29, 1.82) is 0 Å². The van der Waals surface area contributed by atoms with Gasteiger partial charge < -0.3 is 20.0 Å². The van der Waals surface area contributed by atoms with Gasteiger partial charge in [0.15, 0.2) is 0 Å². The Bertz CT molecular complexity index is 867. The predicted molar refractivity (Wildman–Crippen MR) is 115 cm³/mol. The van der Waals surface area contributed by atoms with Crippen molar-refractivity contribution in [3.63, 3.8) is 0 Å². The number of rotatable bonds is 3. The Morgan fingerprint density at radius 1 is 0.867 bits per heavy atom. The van der Waals surface area contributed by atoms with Gasteiger partial charge in [-0.2, -0.15) is 0 Å². The van der Waals surface area contributed by atoms with Crippen LogP contribution in [-0.4, -0.2) is 61.0 Å². The number of likely N-dealkylation sites (tertiary alicyclic amines) is 1. The number of carbonyl (C=O) groups is 2. The first-order chi connectivity index (χ1) is 14.6. The topological polar surface area (TPSA) is 55.9 Å². The number of piperidine rings is 1. The second kappa shape index (κ2) is 9.15. The SMILES string of the molecule is O=C(Nc1ccccc1)N1CCC[C@@H](C(=O)N2CCN(c3ccc(F)cc3)CC2)C1. The van der Waals surface area contributed by atoms with Crippen LogP contribution in [0.15, 0.2) is 54.6 Å². The van der Waals surface area contributed by atoms with Crippen molar-refractivity contribution in [1.82, 2.24) is 9.80 Å². The van der Waals surface area contributed by atoms with Gasteiger partial charge in [-0.1, -0.05) is 18.2 Å². The lowest BCUT2D eigenvalue weighted by Gasteiger charge is -2.39. The molecule has 2 saturated heterocycles. The van der Waals surface area contributed by atoms with Gasteiger partial charge in [0.05, 0.1) is 5.92 Å². The summed E-state index contributed by atoms with van der Waals surface area (Å²) in [4.78, 5) is 31.5. The zero-order valence-corrected chi connectivity index (χ0v) is 17.0. The number of hydrogen-bond donors (Lipinski definition) is 1. The third-order valence-corrected chi connectivity index (χ3v) is 5.87. The Morgan fingerprint density at radius 2 is 1.57 bits per heavy atom. The van der Waals surface area contributed by atoms with Gasteiger partial charge in [-0.05, 0) is 49.2 Å². The quantitative estimate of drug-likeness (QED) is 0.844. The third-order valence-electron chi connectivity index (χ3n) is 5.87. The fourth-order valence-electron chi connectivity index (χ4n) is 4.18. The average molecular weight is 410 g/mol. The highest BCUT2D eigenvalue weighted by atomic mass is 19.1. The molecule has 0 unspecified atom stereocenters. The van der Waals surface area contributed by atoms with Crippen molar-refractivity contribution in [2.24, 2.45) is 5.92 Å². The van der Waals surface area contributed by atoms with Crippen molar-refractivity contribution in [3.8, 4) is 0 Å². The molecule has 1 N–H and O–H groups in total. The van der Waals surface area contributed by atoms with Gasteiger partial charge in [-0.25, -0.2) is 9.18 Å². The summed E-state index contributed by atoms with van der Waals surface area (Å²) in [7, 11) is 0. The highest BCUT2D eigenvalue weighted by Gasteiger charge is 2.32. The first-order valence-corrected chi connectivity index (χ1v) is 10.5. The summed E-state index contributed by atoms with van der Waals surface area (Å²) >= 11 is 0. The molecule has 0 bridgehead atoms. The maximum Gasteiger partial charge on any atom is 0.321 e. The smallest absolute Gasteiger partial charge is 0.321 e. The Balaban J connectivity index is 1.30. The summed E-state index contributed by atoms with van der Waals surface area (Å²) in [5.41, 5.74) is 1.73. The molecule has 0 saturated carbocycles. The van der Waals surface area contributed by atoms with Crippen LogP contribution in [0.1, 0.15) is 12.8 Å². The Hall–Kier alpha value is -3.09. The van der Waals surface area contributed by atoms with Gasteiger partial charge in [-0.15, -0.1) is 0 Å². The van der Waals surface area contributed by atoms with Gasteiger partial charge >= 0.3 is 6.03 Å². The summed E-state index contributed by atoms with van der Waals surface area (Å²) in [6.45, 7) is 3.85. The van der Waals surface area contributed by atoms with E-state index < -0.39 is 0 Å². The lowest BCUT2D eigenvalue weighted by atomic mass is 9.96. The maximum absolute atomic E-state index is 13.1. The number of urea groups is 1. The molecule has 0 aliphatic carbocycles. The van der Waals surface area contributed by atoms with Crippen LogP contribution in [0.25, 0.3) is 0 Å². The van der Waals surface area contributed by atoms with Gasteiger partial charge in [0.2, 0.25) is 5.91 Å². The normalized spacial score (nSPS) is 19.5. The van der Waals surface area contributed by atoms with E-state index in [9.17, 15) is 14.0 Å². The lowest BCUT2D eigenvalue weighted by Crippen LogP contribution is -2.53. The summed E-state index contributed by atoms with van der Waals surface area (Å²) in [6, 6.07) is 15.7. The third kappa shape index (κ3) is 4.72. The number of nitrogens with zero attached hydrogens (tertiary/aromatic N) is 3. The van der Waals surface area contributed by atoms with Crippen molar-refractivity contribution in [2.45, 2.75) is 12.8 Å². The molecule has 0 radical (unpaired) electrons. The molecule has 2 aliphatic heterocycles. The minimum atomic E-state index is -0.245. The van der Waals surface area contributed by atoms with Gasteiger partial charge in [0.1, 0.15) is 5.82 Å². The van der Waals surface area contributed by atoms with Crippen molar-refractivity contribution < 1.29 is 14.0 Å². The van der Waals surface area contributed by atoms with Gasteiger partial charge in [0, 0.05) is 50.6 Å². The minimum absolute atomic E-state index is 0.131. The van der Waals surface area contributed by atoms with Crippen LogP contribution in [0, 0.1) is 11.7 Å². The number of carbonyl (C=O) groups excluding carboxylic acids is 2. The molecule has 1 atom stereocenters. The van der Waals surface area contributed by atoms with Crippen molar-refractivity contribution in [2.75, 3.05) is 49.5 Å². The van der Waals surface area contributed by atoms with E-state index in [1.165, 1.54) is 12.1 Å². The summed E-state index contributed by atoms with van der Waals surface area (Å²) in [6.07, 6.45) is 1.64. The largest absolute Gasteiger partial charge is 0.368 e. The van der Waals surface area contributed by atoms with Crippen molar-refractivity contribution in [3.05, 3.63) is 60.4 Å². The monoisotopic (exact) mass is 410 g/mol. The molecule has 2 aliphatic rings. The first kappa shape index (κ1) is 20.2. The molecule has 6 nitrogen and oxygen atoms in total. The number of hydrogen-bond acceptors (Lipinski definition) is 3. The number of piperazine rings is 1. The van der Waals surface area contributed by atoms with Crippen molar-refractivity contribution >= 4 is 23.3 Å². The molecule has 2 heterocycles. The number of amides is 3. The van der Waals surface area contributed by atoms with Crippen LogP contribution < -0.4 is 10.2 Å². The molecular weight excluding hydrogens is 383 g/mol. The van der Waals surface area contributed by atoms with Crippen LogP contribution in [0.4, 0.5) is 20.6 Å². The molecule has 30 heavy (non-hydrogen) atoms. The summed E-state index contributed by atoms with van der Waals surface area (Å²) < 4.78 is 13.1. The highest BCUT2D eigenvalue weighted by molar-refractivity contribution is 5.90. The van der Waals surface area contributed by atoms with Gasteiger partial charge in [-0.3, -0.25) is 4.79 Å². The Labute approximate surface area is 176 Å². The van der Waals surface area contributed by atoms with E-state index in [0.29, 0.717) is 26.2 Å². The molecule has 4 rings (SSSR count). The van der Waals surface area contributed by atoms with Gasteiger partial charge in [0.25, 0.3) is 0 Å². The molecule has 2 aromatic carbocycles. The van der Waals surface area contributed by atoms with E-state index >= 15 is 0 Å². The zero-order valence-electron chi connectivity index (χ0n) is 17.0. The highest BCUT2D eigenvalue weighted by Crippen LogP contribution is 2.22. The fraction of sp³-hybridized carbons (Fsp3) is 0.391. The lowest BCUT2D eigenvalue weighted by molar-refractivity contribution is -0.137. The molecule has 0 aromatic heterocycles. The number of benzene rings is 2. The maximum atomic E-state index is 13.1. The van der Waals surface area contributed by atoms with Crippen LogP contribution >= 0.6 is 0 Å². The second-order valence-electron chi connectivity index (χ2n) is 7.87. The van der Waals surface area contributed by atoms with E-state index in [0.717, 1.165) is 37.3 Å². The fourth-order valence-corrected chi connectivity index (χ4v) is 4.18. The number of nitrogens with one attached hydrogen (secondary N) is 1. The van der Waals surface area contributed by atoms with E-state index in [-0.39, 0.29) is 23.7 Å². The van der Waals surface area contributed by atoms with E-state index in [1.54, 1.807) is 17.0 Å². The Kier molecular flexibility index (Phi) is 6.16. The molecule has 3 amide bonds. The summed E-state index contributed by atoms with van der Waals surface area (Å²) in [5.74, 6) is -0.269. The molecular formula is C23H27FN4O2. The molecule has 158 valence electrons. The molecule has 0 spiro atoms. The number of halogens is 1. The number of para-hydroxylation sites is 1.